The fourth-order valence-electron chi connectivity index (χ4n) is 3.90. The van der Waals surface area contributed by atoms with Gasteiger partial charge >= 0.3 is 0 Å². The summed E-state index contributed by atoms with van der Waals surface area (Å²) in [7, 11) is 0. The van der Waals surface area contributed by atoms with Gasteiger partial charge in [-0.05, 0) is 47.5 Å². The summed E-state index contributed by atoms with van der Waals surface area (Å²) >= 11 is 8.60. The van der Waals surface area contributed by atoms with Gasteiger partial charge in [-0.1, -0.05) is 71.6 Å². The first-order valence-electron chi connectivity index (χ1n) is 11.4. The third kappa shape index (κ3) is 5.24. The Kier molecular flexibility index (Phi) is 7.64. The number of aliphatic hydroxyl groups is 1. The summed E-state index contributed by atoms with van der Waals surface area (Å²) in [5.74, 6) is -0.888. The second-order valence-electron chi connectivity index (χ2n) is 8.08. The van der Waals surface area contributed by atoms with Crippen LogP contribution in [-0.4, -0.2) is 33.6 Å². The van der Waals surface area contributed by atoms with Gasteiger partial charge in [-0.15, -0.1) is 10.2 Å². The molecule has 0 saturated carbocycles. The van der Waals surface area contributed by atoms with Gasteiger partial charge in [0, 0.05) is 10.8 Å². The first kappa shape index (κ1) is 25.8. The van der Waals surface area contributed by atoms with Crippen LogP contribution in [0, 0.1) is 0 Å². The average Bonchev–Trinajstić information content (AvgIpc) is 3.68. The Bertz CT molecular complexity index is 1520. The second-order valence-corrected chi connectivity index (χ2v) is 10.7. The minimum atomic E-state index is -0.977. The molecule has 38 heavy (non-hydrogen) atoms. The molecule has 0 fully saturated rings. The number of Topliss-reactive ketones (excluding diaryl/α,β-unsaturated/α-hetero) is 1. The Balaban J connectivity index is 1.49. The molecule has 0 bridgehead atoms. The number of benzene rings is 2. The third-order valence-corrected chi connectivity index (χ3v) is 8.00. The lowest BCUT2D eigenvalue weighted by Gasteiger charge is -2.24. The van der Waals surface area contributed by atoms with Crippen LogP contribution in [-0.2, 0) is 10.5 Å². The number of carbonyl (C=O) groups is 2. The Hall–Kier alpha value is -3.86. The van der Waals surface area contributed by atoms with E-state index in [1.165, 1.54) is 40.3 Å². The fraction of sp³-hybridized carbons (Fsp3) is 0.111. The van der Waals surface area contributed by atoms with E-state index in [1.54, 1.807) is 36.4 Å². The summed E-state index contributed by atoms with van der Waals surface area (Å²) in [4.78, 5) is 28.0. The smallest absolute Gasteiger partial charge is 0.296 e. The van der Waals surface area contributed by atoms with Gasteiger partial charge in [-0.2, -0.15) is 0 Å². The van der Waals surface area contributed by atoms with Gasteiger partial charge in [-0.3, -0.25) is 14.5 Å². The molecule has 1 aliphatic rings. The maximum Gasteiger partial charge on any atom is 0.296 e. The van der Waals surface area contributed by atoms with E-state index in [-0.39, 0.29) is 23.1 Å². The van der Waals surface area contributed by atoms with Gasteiger partial charge in [0.25, 0.3) is 5.91 Å². The Morgan fingerprint density at radius 2 is 2.03 bits per heavy atom. The maximum atomic E-state index is 13.4. The maximum absolute atomic E-state index is 13.4. The van der Waals surface area contributed by atoms with E-state index < -0.39 is 23.5 Å². The molecule has 1 amide bonds. The van der Waals surface area contributed by atoms with Crippen molar-refractivity contribution in [3.8, 4) is 5.75 Å². The molecule has 2 aromatic carbocycles. The van der Waals surface area contributed by atoms with Crippen LogP contribution in [0.2, 0.25) is 5.02 Å². The van der Waals surface area contributed by atoms with Crippen molar-refractivity contribution in [2.24, 2.45) is 0 Å². The highest BCUT2D eigenvalue weighted by Gasteiger charge is 2.46. The van der Waals surface area contributed by atoms with Crippen LogP contribution < -0.4 is 9.64 Å². The Morgan fingerprint density at radius 3 is 2.76 bits per heavy atom. The lowest BCUT2D eigenvalue weighted by molar-refractivity contribution is -0.117. The predicted octanol–water partition coefficient (Wildman–Crippen LogP) is 6.42. The second kappa shape index (κ2) is 11.3. The highest BCUT2D eigenvalue weighted by Crippen LogP contribution is 2.44. The van der Waals surface area contributed by atoms with Crippen molar-refractivity contribution in [2.75, 3.05) is 11.5 Å². The number of aliphatic hydroxyl groups excluding tert-OH is 1. The van der Waals surface area contributed by atoms with Gasteiger partial charge in [0.2, 0.25) is 10.9 Å². The molecule has 0 spiro atoms. The first-order valence-corrected chi connectivity index (χ1v) is 13.5. The summed E-state index contributed by atoms with van der Waals surface area (Å²) in [5, 5.41) is 20.3. The van der Waals surface area contributed by atoms with Crippen LogP contribution >= 0.6 is 34.7 Å². The van der Waals surface area contributed by atoms with E-state index in [0.717, 1.165) is 5.56 Å². The SMILES string of the molecule is C=CCOc1cccc(C2C(C(=O)c3ccco3)=C(O)C(=O)N2c2nnc(SCc3ccc(Cl)cc3)s2)c1. The summed E-state index contributed by atoms with van der Waals surface area (Å²) in [6.07, 6.45) is 2.97. The summed E-state index contributed by atoms with van der Waals surface area (Å²) in [5.41, 5.74) is 1.48. The van der Waals surface area contributed by atoms with Crippen LogP contribution in [0.4, 0.5) is 5.13 Å². The number of rotatable bonds is 10. The van der Waals surface area contributed by atoms with Crippen molar-refractivity contribution in [2.45, 2.75) is 16.1 Å². The molecule has 1 N–H and O–H groups in total. The molecule has 2 aromatic heterocycles. The van der Waals surface area contributed by atoms with Gasteiger partial charge in [0.1, 0.15) is 12.4 Å². The molecule has 1 aliphatic heterocycles. The van der Waals surface area contributed by atoms with Crippen molar-refractivity contribution in [1.82, 2.24) is 10.2 Å². The number of aromatic nitrogens is 2. The standard InChI is InChI=1S/C27H20ClN3O5S2/c1-2-12-35-19-6-3-5-17(14-19)22-21(23(32)20-7-4-13-36-20)24(33)25(34)31(22)26-29-30-27(38-26)37-15-16-8-10-18(28)11-9-16/h2-11,13-14,22,33H,1,12,15H2. The number of hydrogen-bond donors (Lipinski definition) is 1. The number of amides is 1. The van der Waals surface area contributed by atoms with Crippen molar-refractivity contribution < 1.29 is 23.8 Å². The van der Waals surface area contributed by atoms with E-state index in [0.29, 0.717) is 26.4 Å². The van der Waals surface area contributed by atoms with Gasteiger partial charge in [0.15, 0.2) is 15.9 Å². The van der Waals surface area contributed by atoms with Gasteiger partial charge in [0.05, 0.1) is 17.9 Å². The minimum absolute atomic E-state index is 0.00161. The summed E-state index contributed by atoms with van der Waals surface area (Å²) < 4.78 is 11.6. The molecule has 0 radical (unpaired) electrons. The van der Waals surface area contributed by atoms with E-state index in [2.05, 4.69) is 16.8 Å². The molecule has 8 nitrogen and oxygen atoms in total. The normalized spacial score (nSPS) is 15.2. The molecule has 192 valence electrons. The Morgan fingerprint density at radius 1 is 1.21 bits per heavy atom. The monoisotopic (exact) mass is 565 g/mol. The van der Waals surface area contributed by atoms with Crippen LogP contribution in [0.25, 0.3) is 0 Å². The molecule has 1 unspecified atom stereocenters. The molecular formula is C27H20ClN3O5S2. The average molecular weight is 566 g/mol. The van der Waals surface area contributed by atoms with E-state index in [9.17, 15) is 14.7 Å². The first-order chi connectivity index (χ1) is 18.5. The quantitative estimate of drug-likeness (QED) is 0.102. The molecule has 1 atom stereocenters. The van der Waals surface area contributed by atoms with Crippen molar-refractivity contribution in [3.63, 3.8) is 0 Å². The van der Waals surface area contributed by atoms with Crippen molar-refractivity contribution >= 4 is 51.5 Å². The molecule has 5 rings (SSSR count). The highest BCUT2D eigenvalue weighted by atomic mass is 35.5. The molecule has 0 saturated heterocycles. The van der Waals surface area contributed by atoms with Crippen LogP contribution in [0.3, 0.4) is 0 Å². The number of hydrogen-bond acceptors (Lipinski definition) is 9. The molecular weight excluding hydrogens is 546 g/mol. The number of thioether (sulfide) groups is 1. The third-order valence-electron chi connectivity index (χ3n) is 5.62. The Labute approximate surface area is 231 Å². The van der Waals surface area contributed by atoms with Gasteiger partial charge in [-0.25, -0.2) is 0 Å². The van der Waals surface area contributed by atoms with E-state index >= 15 is 0 Å². The number of furan rings is 1. The summed E-state index contributed by atoms with van der Waals surface area (Å²) in [6.45, 7) is 3.93. The lowest BCUT2D eigenvalue weighted by atomic mass is 9.95. The zero-order chi connectivity index (χ0) is 26.6. The number of ether oxygens (including phenoxy) is 1. The molecule has 11 heteroatoms. The zero-order valence-electron chi connectivity index (χ0n) is 19.7. The van der Waals surface area contributed by atoms with Crippen LogP contribution in [0.15, 0.2) is 99.7 Å². The van der Waals surface area contributed by atoms with Crippen molar-refractivity contribution in [1.29, 1.82) is 0 Å². The summed E-state index contributed by atoms with van der Waals surface area (Å²) in [6, 6.07) is 16.5. The fourth-order valence-corrected chi connectivity index (χ4v) is 5.85. The largest absolute Gasteiger partial charge is 0.503 e. The van der Waals surface area contributed by atoms with E-state index in [4.69, 9.17) is 20.8 Å². The molecule has 0 aliphatic carbocycles. The topological polar surface area (TPSA) is 106 Å². The molecule has 3 heterocycles. The number of carbonyl (C=O) groups excluding carboxylic acids is 2. The van der Waals surface area contributed by atoms with Crippen LogP contribution in [0.1, 0.15) is 27.7 Å². The number of ketones is 1. The highest BCUT2D eigenvalue weighted by molar-refractivity contribution is 8.00. The van der Waals surface area contributed by atoms with E-state index in [1.807, 2.05) is 24.3 Å². The number of nitrogens with zero attached hydrogens (tertiary/aromatic N) is 3. The van der Waals surface area contributed by atoms with Crippen LogP contribution in [0.5, 0.6) is 5.75 Å². The minimum Gasteiger partial charge on any atom is -0.503 e. The predicted molar refractivity (Wildman–Crippen MR) is 146 cm³/mol. The number of anilines is 1. The van der Waals surface area contributed by atoms with Gasteiger partial charge < -0.3 is 14.3 Å². The van der Waals surface area contributed by atoms with Crippen molar-refractivity contribution in [3.05, 3.63) is 113 Å². The number of halogens is 1. The zero-order valence-corrected chi connectivity index (χ0v) is 22.1. The molecule has 4 aromatic rings. The lowest BCUT2D eigenvalue weighted by Crippen LogP contribution is -2.31.